The number of unbranched alkanes of at least 4 members (excludes halogenated alkanes) is 12. The summed E-state index contributed by atoms with van der Waals surface area (Å²) in [6.45, 7) is 15.5. The van der Waals surface area contributed by atoms with Crippen LogP contribution in [0.2, 0.25) is 0 Å². The van der Waals surface area contributed by atoms with E-state index in [1.807, 2.05) is 0 Å². The minimum absolute atomic E-state index is 0.131. The van der Waals surface area contributed by atoms with Gasteiger partial charge in [0.05, 0.1) is 125 Å². The van der Waals surface area contributed by atoms with Crippen LogP contribution in [0, 0.1) is 0 Å². The average Bonchev–Trinajstić information content (AvgIpc) is 3.12. The maximum atomic E-state index is 11.9. The van der Waals surface area contributed by atoms with Crippen molar-refractivity contribution >= 4 is 5.97 Å². The summed E-state index contributed by atoms with van der Waals surface area (Å²) in [4.78, 5) is 11.9. The maximum absolute atomic E-state index is 11.9. The van der Waals surface area contributed by atoms with Crippen molar-refractivity contribution in [2.75, 3.05) is 132 Å². The fraction of sp³-hybridized carbons (Fsp3) is 0.921. The van der Waals surface area contributed by atoms with E-state index in [4.69, 9.17) is 52.1 Å². The Labute approximate surface area is 304 Å². The number of esters is 1. The zero-order chi connectivity index (χ0) is 36.1. The predicted molar refractivity (Wildman–Crippen MR) is 195 cm³/mol. The molecular formula is C38H74O12. The minimum Gasteiger partial charge on any atom is -0.499 e. The molecule has 0 fully saturated rings. The highest BCUT2D eigenvalue weighted by Crippen LogP contribution is 2.13. The third-order valence-corrected chi connectivity index (χ3v) is 7.41. The molecule has 12 nitrogen and oxygen atoms in total. The highest BCUT2D eigenvalue weighted by molar-refractivity contribution is 5.69. The van der Waals surface area contributed by atoms with Gasteiger partial charge in [-0.15, -0.1) is 0 Å². The number of carbonyl (C=O) groups is 1. The van der Waals surface area contributed by atoms with Gasteiger partial charge in [0.15, 0.2) is 0 Å². The van der Waals surface area contributed by atoms with Gasteiger partial charge in [0, 0.05) is 6.42 Å². The molecule has 0 aromatic carbocycles. The molecule has 0 aliphatic heterocycles. The Hall–Kier alpha value is -1.35. The van der Waals surface area contributed by atoms with E-state index in [0.29, 0.717) is 132 Å². The number of carbonyl (C=O) groups excluding carboxylic acids is 1. The van der Waals surface area contributed by atoms with Crippen molar-refractivity contribution < 1.29 is 56.9 Å². The van der Waals surface area contributed by atoms with Crippen LogP contribution >= 0.6 is 0 Å². The van der Waals surface area contributed by atoms with Crippen LogP contribution < -0.4 is 0 Å². The molecule has 0 spiro atoms. The number of rotatable bonds is 45. The molecule has 0 saturated carbocycles. The second-order valence-electron chi connectivity index (χ2n) is 11.8. The van der Waals surface area contributed by atoms with Gasteiger partial charge in [0.25, 0.3) is 0 Å². The molecule has 0 aromatic rings. The number of ether oxygens (including phenoxy) is 11. The fourth-order valence-corrected chi connectivity index (χ4v) is 4.63. The Morgan fingerprint density at radius 3 is 0.940 bits per heavy atom. The normalized spacial score (nSPS) is 11.3. The van der Waals surface area contributed by atoms with Gasteiger partial charge in [-0.25, -0.2) is 0 Å². The molecule has 0 radical (unpaired) electrons. The molecule has 50 heavy (non-hydrogen) atoms. The lowest BCUT2D eigenvalue weighted by molar-refractivity contribution is -0.145. The van der Waals surface area contributed by atoms with Crippen molar-refractivity contribution in [2.45, 2.75) is 96.8 Å². The van der Waals surface area contributed by atoms with Crippen LogP contribution in [0.25, 0.3) is 0 Å². The van der Waals surface area contributed by atoms with Gasteiger partial charge in [-0.1, -0.05) is 90.6 Å². The van der Waals surface area contributed by atoms with Crippen LogP contribution in [0.1, 0.15) is 96.8 Å². The second-order valence-corrected chi connectivity index (χ2v) is 11.8. The summed E-state index contributed by atoms with van der Waals surface area (Å²) >= 11 is 0. The second kappa shape index (κ2) is 45.7. The standard InChI is InChI=1S/C38H74O12/c1-3-5-6-7-8-9-10-11-12-13-14-15-16-17-38(39)50-37-36-49-35-34-48-33-32-47-31-30-46-29-28-45-27-26-44-25-24-43-23-22-42-21-20-41-19-18-40-4-2/h4H,2-3,5-37H2,1H3. The molecule has 0 aliphatic rings. The zero-order valence-corrected chi connectivity index (χ0v) is 31.7. The summed E-state index contributed by atoms with van der Waals surface area (Å²) in [6, 6.07) is 0. The van der Waals surface area contributed by atoms with Gasteiger partial charge in [0.2, 0.25) is 0 Å². The highest BCUT2D eigenvalue weighted by atomic mass is 16.6. The van der Waals surface area contributed by atoms with Crippen molar-refractivity contribution in [2.24, 2.45) is 0 Å². The van der Waals surface area contributed by atoms with E-state index in [9.17, 15) is 4.79 Å². The molecule has 0 bridgehead atoms. The molecule has 0 amide bonds. The topological polar surface area (TPSA) is 119 Å². The largest absolute Gasteiger partial charge is 0.499 e. The van der Waals surface area contributed by atoms with E-state index in [0.717, 1.165) is 12.8 Å². The highest BCUT2D eigenvalue weighted by Gasteiger charge is 2.03. The Morgan fingerprint density at radius 1 is 0.380 bits per heavy atom. The van der Waals surface area contributed by atoms with Crippen LogP contribution in [-0.4, -0.2) is 138 Å². The van der Waals surface area contributed by atoms with Crippen molar-refractivity contribution in [3.63, 3.8) is 0 Å². The van der Waals surface area contributed by atoms with Gasteiger partial charge in [-0.3, -0.25) is 4.79 Å². The molecule has 0 aliphatic carbocycles. The van der Waals surface area contributed by atoms with E-state index in [2.05, 4.69) is 13.5 Å². The van der Waals surface area contributed by atoms with Crippen LogP contribution in [-0.2, 0) is 56.9 Å². The van der Waals surface area contributed by atoms with Crippen molar-refractivity contribution in [1.29, 1.82) is 0 Å². The summed E-state index contributed by atoms with van der Waals surface area (Å²) in [5.41, 5.74) is 0. The zero-order valence-electron chi connectivity index (χ0n) is 31.7. The van der Waals surface area contributed by atoms with E-state index in [1.54, 1.807) is 0 Å². The summed E-state index contributed by atoms with van der Waals surface area (Å²) in [6.07, 6.45) is 18.7. The van der Waals surface area contributed by atoms with Crippen molar-refractivity contribution in [3.8, 4) is 0 Å². The van der Waals surface area contributed by atoms with Crippen LogP contribution in [0.5, 0.6) is 0 Å². The SMILES string of the molecule is C=COCCOCCOCCOCCOCCOCCOCCOCCOCCOCCOC(=O)CCCCCCCCCCCCCCC. The molecule has 0 atom stereocenters. The third-order valence-electron chi connectivity index (χ3n) is 7.41. The Kier molecular flexibility index (Phi) is 44.4. The average molecular weight is 723 g/mol. The van der Waals surface area contributed by atoms with Gasteiger partial charge in [0.1, 0.15) is 13.2 Å². The van der Waals surface area contributed by atoms with Gasteiger partial charge >= 0.3 is 5.97 Å². The van der Waals surface area contributed by atoms with Gasteiger partial charge in [-0.2, -0.15) is 0 Å². The van der Waals surface area contributed by atoms with Gasteiger partial charge < -0.3 is 52.1 Å². The summed E-state index contributed by atoms with van der Waals surface area (Å²) in [7, 11) is 0. The lowest BCUT2D eigenvalue weighted by Gasteiger charge is -2.09. The molecule has 298 valence electrons. The first-order valence-corrected chi connectivity index (χ1v) is 19.4. The molecular weight excluding hydrogens is 648 g/mol. The number of hydrogen-bond acceptors (Lipinski definition) is 12. The summed E-state index contributed by atoms with van der Waals surface area (Å²) < 4.78 is 59.2. The van der Waals surface area contributed by atoms with Crippen LogP contribution in [0.15, 0.2) is 12.8 Å². The summed E-state index contributed by atoms with van der Waals surface area (Å²) in [5.74, 6) is -0.131. The third kappa shape index (κ3) is 44.7. The maximum Gasteiger partial charge on any atom is 0.305 e. The van der Waals surface area contributed by atoms with E-state index >= 15 is 0 Å². The van der Waals surface area contributed by atoms with E-state index in [-0.39, 0.29) is 12.6 Å². The Bertz CT molecular complexity index is 655. The Balaban J connectivity index is 3.12. The monoisotopic (exact) mass is 723 g/mol. The quantitative estimate of drug-likeness (QED) is 0.0398. The smallest absolute Gasteiger partial charge is 0.305 e. The van der Waals surface area contributed by atoms with Gasteiger partial charge in [-0.05, 0) is 6.42 Å². The fourth-order valence-electron chi connectivity index (χ4n) is 4.63. The van der Waals surface area contributed by atoms with Crippen LogP contribution in [0.4, 0.5) is 0 Å². The molecule has 0 rings (SSSR count). The lowest BCUT2D eigenvalue weighted by Crippen LogP contribution is -2.15. The van der Waals surface area contributed by atoms with Crippen molar-refractivity contribution in [3.05, 3.63) is 12.8 Å². The first-order chi connectivity index (χ1) is 24.8. The lowest BCUT2D eigenvalue weighted by atomic mass is 10.0. The van der Waals surface area contributed by atoms with E-state index < -0.39 is 0 Å². The predicted octanol–water partition coefficient (Wildman–Crippen LogP) is 6.32. The molecule has 0 unspecified atom stereocenters. The van der Waals surface area contributed by atoms with Crippen molar-refractivity contribution in [1.82, 2.24) is 0 Å². The van der Waals surface area contributed by atoms with E-state index in [1.165, 1.54) is 76.9 Å². The summed E-state index contributed by atoms with van der Waals surface area (Å²) in [5, 5.41) is 0. The molecule has 0 heterocycles. The first kappa shape index (κ1) is 48.6. The minimum atomic E-state index is -0.131. The molecule has 0 aromatic heterocycles. The Morgan fingerprint density at radius 2 is 0.640 bits per heavy atom. The molecule has 0 N–H and O–H groups in total. The van der Waals surface area contributed by atoms with Crippen LogP contribution in [0.3, 0.4) is 0 Å². The molecule has 12 heteroatoms. The first-order valence-electron chi connectivity index (χ1n) is 19.4. The molecule has 0 saturated heterocycles. The number of hydrogen-bond donors (Lipinski definition) is 0.